The van der Waals surface area contributed by atoms with Crippen molar-refractivity contribution in [3.8, 4) is 11.3 Å². The molecular formula is C16H12IN3OS. The Bertz CT molecular complexity index is 797. The van der Waals surface area contributed by atoms with Crippen LogP contribution in [0.4, 0.5) is 5.69 Å². The molecule has 0 saturated carbocycles. The van der Waals surface area contributed by atoms with E-state index in [0.717, 1.165) is 31.9 Å². The topological polar surface area (TPSA) is 54.9 Å². The van der Waals surface area contributed by atoms with Gasteiger partial charge in [-0.2, -0.15) is 0 Å². The number of rotatable bonds is 3. The van der Waals surface area contributed by atoms with Gasteiger partial charge in [0, 0.05) is 14.8 Å². The summed E-state index contributed by atoms with van der Waals surface area (Å²) in [4.78, 5) is 13.0. The van der Waals surface area contributed by atoms with Gasteiger partial charge >= 0.3 is 0 Å². The molecule has 1 N–H and O–H groups in total. The van der Waals surface area contributed by atoms with Gasteiger partial charge in [0.1, 0.15) is 10.6 Å². The predicted octanol–water partition coefficient (Wildman–Crippen LogP) is 4.37. The van der Waals surface area contributed by atoms with Crippen molar-refractivity contribution >= 4 is 45.7 Å². The Kier molecular flexibility index (Phi) is 4.49. The third-order valence-electron chi connectivity index (χ3n) is 3.12. The molecule has 0 saturated heterocycles. The first-order valence-electron chi connectivity index (χ1n) is 6.60. The molecule has 0 aliphatic heterocycles. The molecule has 110 valence electrons. The van der Waals surface area contributed by atoms with Crippen LogP contribution in [0.15, 0.2) is 48.5 Å². The standard InChI is InChI=1S/C16H12IN3OS/c1-10-2-4-11(5-3-10)14-15(22-20-19-14)16(21)18-13-8-6-12(17)7-9-13/h2-9H,1H3,(H,18,21). The van der Waals surface area contributed by atoms with Crippen LogP contribution in [0, 0.1) is 10.5 Å². The second-order valence-electron chi connectivity index (χ2n) is 4.78. The lowest BCUT2D eigenvalue weighted by atomic mass is 10.1. The first kappa shape index (κ1) is 15.1. The summed E-state index contributed by atoms with van der Waals surface area (Å²) in [5.74, 6) is -0.188. The van der Waals surface area contributed by atoms with E-state index in [4.69, 9.17) is 0 Å². The molecule has 1 amide bonds. The van der Waals surface area contributed by atoms with Crippen molar-refractivity contribution in [1.82, 2.24) is 9.59 Å². The maximum atomic E-state index is 12.4. The Balaban J connectivity index is 1.86. The highest BCUT2D eigenvalue weighted by Crippen LogP contribution is 2.25. The van der Waals surface area contributed by atoms with Crippen LogP contribution in [0.25, 0.3) is 11.3 Å². The van der Waals surface area contributed by atoms with E-state index >= 15 is 0 Å². The summed E-state index contributed by atoms with van der Waals surface area (Å²) in [6, 6.07) is 15.5. The lowest BCUT2D eigenvalue weighted by Crippen LogP contribution is -2.11. The Morgan fingerprint density at radius 3 is 2.45 bits per heavy atom. The van der Waals surface area contributed by atoms with Gasteiger partial charge in [0.25, 0.3) is 5.91 Å². The van der Waals surface area contributed by atoms with Gasteiger partial charge in [0.05, 0.1) is 0 Å². The molecule has 1 heterocycles. The van der Waals surface area contributed by atoms with Crippen LogP contribution in [-0.4, -0.2) is 15.5 Å². The summed E-state index contributed by atoms with van der Waals surface area (Å²) in [5, 5.41) is 6.98. The second-order valence-corrected chi connectivity index (χ2v) is 6.78. The number of halogens is 1. The molecule has 6 heteroatoms. The maximum Gasteiger partial charge on any atom is 0.269 e. The molecule has 3 aromatic rings. The summed E-state index contributed by atoms with van der Waals surface area (Å²) in [6.45, 7) is 2.02. The van der Waals surface area contributed by atoms with Gasteiger partial charge in [0.15, 0.2) is 0 Å². The zero-order chi connectivity index (χ0) is 15.5. The fraction of sp³-hybridized carbons (Fsp3) is 0.0625. The lowest BCUT2D eigenvalue weighted by Gasteiger charge is -2.05. The minimum absolute atomic E-state index is 0.188. The predicted molar refractivity (Wildman–Crippen MR) is 97.2 cm³/mol. The normalized spacial score (nSPS) is 10.5. The van der Waals surface area contributed by atoms with Crippen molar-refractivity contribution in [3.05, 3.63) is 62.5 Å². The van der Waals surface area contributed by atoms with E-state index in [0.29, 0.717) is 10.6 Å². The molecule has 0 radical (unpaired) electrons. The quantitative estimate of drug-likeness (QED) is 0.640. The van der Waals surface area contributed by atoms with Crippen LogP contribution in [0.1, 0.15) is 15.2 Å². The first-order valence-corrected chi connectivity index (χ1v) is 8.45. The van der Waals surface area contributed by atoms with Crippen molar-refractivity contribution in [1.29, 1.82) is 0 Å². The van der Waals surface area contributed by atoms with Crippen molar-refractivity contribution < 1.29 is 4.79 Å². The lowest BCUT2D eigenvalue weighted by molar-refractivity contribution is 0.103. The second kappa shape index (κ2) is 6.53. The fourth-order valence-electron chi connectivity index (χ4n) is 1.96. The van der Waals surface area contributed by atoms with Gasteiger partial charge in [-0.05, 0) is 65.3 Å². The van der Waals surface area contributed by atoms with Crippen LogP contribution < -0.4 is 5.32 Å². The number of hydrogen-bond donors (Lipinski definition) is 1. The average molecular weight is 421 g/mol. The number of aromatic nitrogens is 2. The fourth-order valence-corrected chi connectivity index (χ4v) is 2.90. The van der Waals surface area contributed by atoms with Crippen LogP contribution in [0.5, 0.6) is 0 Å². The van der Waals surface area contributed by atoms with E-state index in [-0.39, 0.29) is 5.91 Å². The number of aryl methyl sites for hydroxylation is 1. The molecule has 22 heavy (non-hydrogen) atoms. The number of amides is 1. The SMILES string of the molecule is Cc1ccc(-c2nnsc2C(=O)Nc2ccc(I)cc2)cc1. The highest BCUT2D eigenvalue weighted by Gasteiger charge is 2.17. The van der Waals surface area contributed by atoms with Crippen molar-refractivity contribution in [2.75, 3.05) is 5.32 Å². The van der Waals surface area contributed by atoms with Crippen LogP contribution in [0.3, 0.4) is 0 Å². The third-order valence-corrected chi connectivity index (χ3v) is 4.57. The number of carbonyl (C=O) groups excluding carboxylic acids is 1. The van der Waals surface area contributed by atoms with Crippen LogP contribution in [-0.2, 0) is 0 Å². The molecule has 0 aliphatic carbocycles. The largest absolute Gasteiger partial charge is 0.321 e. The third kappa shape index (κ3) is 3.33. The van der Waals surface area contributed by atoms with Gasteiger partial charge < -0.3 is 5.32 Å². The van der Waals surface area contributed by atoms with E-state index in [1.807, 2.05) is 55.5 Å². The average Bonchev–Trinajstić information content (AvgIpc) is 3.00. The number of carbonyl (C=O) groups is 1. The number of benzene rings is 2. The van der Waals surface area contributed by atoms with E-state index in [1.54, 1.807) is 0 Å². The highest BCUT2D eigenvalue weighted by molar-refractivity contribution is 14.1. The van der Waals surface area contributed by atoms with Gasteiger partial charge in [-0.3, -0.25) is 4.79 Å². The maximum absolute atomic E-state index is 12.4. The molecular weight excluding hydrogens is 409 g/mol. The van der Waals surface area contributed by atoms with Gasteiger partial charge in [0.2, 0.25) is 0 Å². The molecule has 0 aliphatic rings. The van der Waals surface area contributed by atoms with E-state index in [2.05, 4.69) is 37.5 Å². The molecule has 4 nitrogen and oxygen atoms in total. The Morgan fingerprint density at radius 2 is 1.77 bits per heavy atom. The molecule has 0 atom stereocenters. The molecule has 0 fully saturated rings. The molecule has 2 aromatic carbocycles. The first-order chi connectivity index (χ1) is 10.6. The zero-order valence-corrected chi connectivity index (χ0v) is 14.7. The molecule has 0 unspecified atom stereocenters. The summed E-state index contributed by atoms with van der Waals surface area (Å²) >= 11 is 3.33. The van der Waals surface area contributed by atoms with E-state index in [1.165, 1.54) is 0 Å². The minimum atomic E-state index is -0.188. The summed E-state index contributed by atoms with van der Waals surface area (Å²) in [5.41, 5.74) is 3.44. The Morgan fingerprint density at radius 1 is 1.09 bits per heavy atom. The van der Waals surface area contributed by atoms with Crippen LogP contribution >= 0.6 is 34.1 Å². The molecule has 3 rings (SSSR count). The smallest absolute Gasteiger partial charge is 0.269 e. The van der Waals surface area contributed by atoms with Crippen molar-refractivity contribution in [2.45, 2.75) is 6.92 Å². The number of nitrogens with one attached hydrogen (secondary N) is 1. The number of hydrogen-bond acceptors (Lipinski definition) is 4. The van der Waals surface area contributed by atoms with Crippen LogP contribution in [0.2, 0.25) is 0 Å². The van der Waals surface area contributed by atoms with E-state index in [9.17, 15) is 4.79 Å². The van der Waals surface area contributed by atoms with E-state index < -0.39 is 0 Å². The minimum Gasteiger partial charge on any atom is -0.321 e. The molecule has 1 aromatic heterocycles. The van der Waals surface area contributed by atoms with Gasteiger partial charge in [-0.25, -0.2) is 0 Å². The summed E-state index contributed by atoms with van der Waals surface area (Å²) < 4.78 is 5.05. The zero-order valence-electron chi connectivity index (χ0n) is 11.7. The summed E-state index contributed by atoms with van der Waals surface area (Å²) in [6.07, 6.45) is 0. The Labute approximate surface area is 145 Å². The van der Waals surface area contributed by atoms with Crippen molar-refractivity contribution in [3.63, 3.8) is 0 Å². The number of nitrogens with zero attached hydrogens (tertiary/aromatic N) is 2. The van der Waals surface area contributed by atoms with Crippen molar-refractivity contribution in [2.24, 2.45) is 0 Å². The summed E-state index contributed by atoms with van der Waals surface area (Å²) in [7, 11) is 0. The van der Waals surface area contributed by atoms with Gasteiger partial charge in [-0.15, -0.1) is 5.10 Å². The highest BCUT2D eigenvalue weighted by atomic mass is 127. The monoisotopic (exact) mass is 421 g/mol. The van der Waals surface area contributed by atoms with Gasteiger partial charge in [-0.1, -0.05) is 34.3 Å². The molecule has 0 spiro atoms. The Hall–Kier alpha value is -1.80. The molecule has 0 bridgehead atoms. The number of anilines is 1.